The van der Waals surface area contributed by atoms with Crippen molar-refractivity contribution in [3.63, 3.8) is 0 Å². The summed E-state index contributed by atoms with van der Waals surface area (Å²) in [5, 5.41) is 20.3. The van der Waals surface area contributed by atoms with E-state index in [1.807, 2.05) is 5.32 Å². The van der Waals surface area contributed by atoms with Crippen molar-refractivity contribution in [2.75, 3.05) is 7.05 Å². The molecule has 0 aromatic carbocycles. The van der Waals surface area contributed by atoms with E-state index in [0.717, 1.165) is 6.41 Å². The van der Waals surface area contributed by atoms with E-state index in [2.05, 4.69) is 0 Å². The molecule has 0 unspecified atom stereocenters. The van der Waals surface area contributed by atoms with Crippen LogP contribution in [0.2, 0.25) is 0 Å². The number of amides is 1. The number of nitrogens with one attached hydrogen (secondary N) is 2. The predicted molar refractivity (Wildman–Crippen MR) is 36.4 cm³/mol. The Balaban J connectivity index is -0.000000177. The van der Waals surface area contributed by atoms with Crippen LogP contribution in [0.15, 0.2) is 0 Å². The molecule has 0 rings (SSSR count). The maximum absolute atomic E-state index is 9.38. The molecule has 12 heavy (non-hydrogen) atoms. The van der Waals surface area contributed by atoms with Crippen LogP contribution in [-0.4, -0.2) is 36.0 Å². The summed E-state index contributed by atoms with van der Waals surface area (Å²) < 4.78 is 0. The minimum Gasteiger partial charge on any atom is -0.542 e. The molecule has 0 aliphatic heterocycles. The number of hydrogen-bond donors (Lipinski definition) is 4. The molecule has 6 nitrogen and oxygen atoms in total. The normalized spacial score (nSPS) is 8.33. The first-order valence-corrected chi connectivity index (χ1v) is 2.61. The van der Waals surface area contributed by atoms with Crippen LogP contribution in [0.3, 0.4) is 0 Å². The summed E-state index contributed by atoms with van der Waals surface area (Å²) in [7, 11) is 1.27. The Bertz CT molecular complexity index is 120. The fourth-order valence-electron chi connectivity index (χ4n) is 0.134. The van der Waals surface area contributed by atoms with Gasteiger partial charge in [-0.05, 0) is 7.05 Å². The molecule has 1 amide bonds. The smallest absolute Gasteiger partial charge is 0.280 e. The van der Waals surface area contributed by atoms with Crippen LogP contribution >= 0.6 is 0 Å². The van der Waals surface area contributed by atoms with Crippen LogP contribution in [0.25, 0.3) is 0 Å². The average Bonchev–Trinajstić information content (AvgIpc) is 1.90. The van der Waals surface area contributed by atoms with E-state index >= 15 is 0 Å². The summed E-state index contributed by atoms with van der Waals surface area (Å²) in [6.45, 7) is 1.32. The van der Waals surface area contributed by atoms with Gasteiger partial charge in [-0.15, -0.1) is 0 Å². The van der Waals surface area contributed by atoms with Crippen molar-refractivity contribution in [3.05, 3.63) is 0 Å². The molecule has 0 saturated heterocycles. The van der Waals surface area contributed by atoms with Crippen molar-refractivity contribution in [1.82, 2.24) is 10.6 Å². The van der Waals surface area contributed by atoms with Gasteiger partial charge in [0.15, 0.2) is 0 Å². The number of hydrogen-bond acceptors (Lipinski definition) is 5. The third kappa shape index (κ3) is 16.6. The number of rotatable bonds is 3. The molecule has 0 aliphatic carbocycles. The molecule has 0 aliphatic rings. The van der Waals surface area contributed by atoms with Crippen LogP contribution < -0.4 is 10.6 Å². The molecule has 0 atom stereocenters. The number of aliphatic hydroxyl groups is 2. The zero-order valence-electron chi connectivity index (χ0n) is 6.79. The van der Waals surface area contributed by atoms with E-state index in [4.69, 9.17) is 15.0 Å². The van der Waals surface area contributed by atoms with Crippen LogP contribution in [-0.2, 0) is 42.3 Å². The summed E-state index contributed by atoms with van der Waals surface area (Å²) in [5.41, 5.74) is 0. The fourth-order valence-corrected chi connectivity index (χ4v) is 0.134. The van der Waals surface area contributed by atoms with E-state index in [1.165, 1.54) is 20.3 Å². The van der Waals surface area contributed by atoms with Gasteiger partial charge in [-0.25, -0.2) is 0 Å². The van der Waals surface area contributed by atoms with Crippen molar-refractivity contribution < 1.29 is 52.5 Å². The first-order chi connectivity index (χ1) is 5.04. The second-order valence-electron chi connectivity index (χ2n) is 1.35. The average molecular weight is 251 g/mol. The summed E-state index contributed by atoms with van der Waals surface area (Å²) >= 11 is 0. The predicted octanol–water partition coefficient (Wildman–Crippen LogP) is -2.43. The molecule has 1 radical (unpaired) electrons. The van der Waals surface area contributed by atoms with Gasteiger partial charge in [-0.1, -0.05) is 0 Å². The number of carbonyl (C=O) groups excluding carboxylic acids is 2. The molecule has 7 heteroatoms. The summed E-state index contributed by atoms with van der Waals surface area (Å²) in [6, 6.07) is -2.33. The molecule has 0 spiro atoms. The quantitative estimate of drug-likeness (QED) is 0.254. The second kappa shape index (κ2) is 11.1. The zero-order chi connectivity index (χ0) is 9.33. The van der Waals surface area contributed by atoms with Crippen LogP contribution in [0.4, 0.5) is 0 Å². The summed E-state index contributed by atoms with van der Waals surface area (Å²) in [4.78, 5) is 18.1. The van der Waals surface area contributed by atoms with E-state index in [-0.39, 0.29) is 32.7 Å². The third-order valence-corrected chi connectivity index (χ3v) is 0.574. The molecule has 0 fully saturated rings. The minimum atomic E-state index is -2.33. The van der Waals surface area contributed by atoms with E-state index in [0.29, 0.717) is 0 Å². The van der Waals surface area contributed by atoms with Gasteiger partial charge < -0.3 is 25.1 Å². The van der Waals surface area contributed by atoms with E-state index in [1.54, 1.807) is 5.32 Å². The van der Waals surface area contributed by atoms with Gasteiger partial charge in [0.2, 0.25) is 0 Å². The van der Waals surface area contributed by atoms with Gasteiger partial charge in [0, 0.05) is 32.7 Å². The molecule has 0 aromatic heterocycles. The van der Waals surface area contributed by atoms with Crippen LogP contribution in [0.1, 0.15) is 6.92 Å². The Hall–Kier alpha value is 0.124. The first-order valence-electron chi connectivity index (χ1n) is 2.61. The monoisotopic (exact) mass is 251 g/mol. The van der Waals surface area contributed by atoms with Crippen LogP contribution in [0.5, 0.6) is 0 Å². The molecular weight excluding hydrogens is 241 g/mol. The van der Waals surface area contributed by atoms with Gasteiger partial charge in [-0.3, -0.25) is 11.6 Å². The Labute approximate surface area is 95.6 Å². The molecule has 0 saturated carbocycles. The summed E-state index contributed by atoms with van der Waals surface area (Å²) in [6.07, 6.45) is 2.60. The van der Waals surface area contributed by atoms with Crippen molar-refractivity contribution in [2.45, 2.75) is 13.0 Å². The van der Waals surface area contributed by atoms with Gasteiger partial charge >= 0.3 is 0 Å². The maximum Gasteiger partial charge on any atom is 0.280 e. The Kier molecular flexibility index (Phi) is 16.7. The molecule has 0 bridgehead atoms. The van der Waals surface area contributed by atoms with Crippen molar-refractivity contribution >= 4 is 12.7 Å². The van der Waals surface area contributed by atoms with E-state index in [9.17, 15) is 4.79 Å². The zero-order valence-corrected chi connectivity index (χ0v) is 9.63. The molecule has 0 heterocycles. The largest absolute Gasteiger partial charge is 0.542 e. The van der Waals surface area contributed by atoms with Crippen molar-refractivity contribution in [1.29, 1.82) is 0 Å². The Morgan fingerprint density at radius 1 is 1.33 bits per heavy atom. The molecule has 0 aromatic rings. The van der Waals surface area contributed by atoms with E-state index < -0.39 is 6.03 Å². The van der Waals surface area contributed by atoms with Gasteiger partial charge in [0.25, 0.3) is 6.03 Å². The fraction of sp³-hybridized carbons (Fsp3) is 0.600. The molecule has 4 N–H and O–H groups in total. The van der Waals surface area contributed by atoms with Crippen molar-refractivity contribution in [3.8, 4) is 0 Å². The Morgan fingerprint density at radius 3 is 1.75 bits per heavy atom. The van der Waals surface area contributed by atoms with Gasteiger partial charge in [0.05, 0.1) is 0 Å². The first kappa shape index (κ1) is 18.0. The summed E-state index contributed by atoms with van der Waals surface area (Å²) in [5.74, 6) is 0. The minimum absolute atomic E-state index is 0. The Morgan fingerprint density at radius 2 is 1.67 bits per heavy atom. The van der Waals surface area contributed by atoms with Gasteiger partial charge in [0.1, 0.15) is 0 Å². The maximum atomic E-state index is 9.38. The van der Waals surface area contributed by atoms with Gasteiger partial charge in [-0.2, -0.15) is 13.3 Å². The standard InChI is InChI=1S/C3H7N2O3.C2H3O.Y/c1-4-3(7,8)5-2-6;1-2-3;/h4,7-8H,1H3,(H,5,6);1H3;/q2*-1;. The van der Waals surface area contributed by atoms with Crippen molar-refractivity contribution in [2.24, 2.45) is 0 Å². The third-order valence-electron chi connectivity index (χ3n) is 0.574. The second-order valence-corrected chi connectivity index (χ2v) is 1.35. The molecular formula is C5H10N2O4Y-2. The van der Waals surface area contributed by atoms with Crippen LogP contribution in [0, 0.1) is 0 Å². The SMILES string of the molecule is CNC(O)(O)N[C-]=O.C[C-]=O.[Y]. The topological polar surface area (TPSA) is 98.7 Å². The molecule has 69 valence electrons.